The summed E-state index contributed by atoms with van der Waals surface area (Å²) in [5.74, 6) is 4.79. The van der Waals surface area contributed by atoms with E-state index < -0.39 is 0 Å². The minimum Gasteiger partial charge on any atom is -0.295 e. The van der Waals surface area contributed by atoms with Crippen LogP contribution in [0.4, 0.5) is 0 Å². The number of hydrogen-bond acceptors (Lipinski definition) is 1. The fourth-order valence-electron chi connectivity index (χ4n) is 6.46. The summed E-state index contributed by atoms with van der Waals surface area (Å²) in [6, 6.07) is 10.8. The van der Waals surface area contributed by atoms with Gasteiger partial charge < -0.3 is 0 Å². The second-order valence-corrected chi connectivity index (χ2v) is 8.37. The average molecular weight is 318 g/mol. The number of allylic oxidation sites excluding steroid dienone is 4. The van der Waals surface area contributed by atoms with Gasteiger partial charge in [0, 0.05) is 6.42 Å². The molecule has 0 spiro atoms. The van der Waals surface area contributed by atoms with Gasteiger partial charge in [-0.15, -0.1) is 0 Å². The van der Waals surface area contributed by atoms with Crippen LogP contribution < -0.4 is 0 Å². The third kappa shape index (κ3) is 2.24. The van der Waals surface area contributed by atoms with Gasteiger partial charge in [-0.1, -0.05) is 48.1 Å². The molecule has 5 rings (SSSR count). The number of rotatable bonds is 1. The highest BCUT2D eigenvalue weighted by Crippen LogP contribution is 2.58. The Balaban J connectivity index is 1.52. The Hall–Kier alpha value is -1.63. The van der Waals surface area contributed by atoms with E-state index in [9.17, 15) is 4.79 Å². The predicted molar refractivity (Wildman–Crippen MR) is 96.6 cm³/mol. The lowest BCUT2D eigenvalue weighted by Gasteiger charge is -2.51. The molecule has 0 saturated heterocycles. The molecule has 0 amide bonds. The minimum atomic E-state index is 0.352. The quantitative estimate of drug-likeness (QED) is 0.642. The van der Waals surface area contributed by atoms with Gasteiger partial charge in [0.15, 0.2) is 5.78 Å². The smallest absolute Gasteiger partial charge is 0.156 e. The zero-order valence-corrected chi connectivity index (χ0v) is 14.2. The first-order chi connectivity index (χ1) is 11.8. The molecule has 2 saturated carbocycles. The van der Waals surface area contributed by atoms with Crippen molar-refractivity contribution in [1.82, 2.24) is 0 Å². The van der Waals surface area contributed by atoms with Gasteiger partial charge in [0.05, 0.1) is 0 Å². The SMILES string of the molecule is O=C1C=C2CCC3C4CC=CC4CCC3C2C(c2ccccc2)C1. The van der Waals surface area contributed by atoms with Crippen LogP contribution in [0.1, 0.15) is 50.0 Å². The van der Waals surface area contributed by atoms with Crippen LogP contribution in [0, 0.1) is 29.6 Å². The molecule has 24 heavy (non-hydrogen) atoms. The van der Waals surface area contributed by atoms with Crippen molar-refractivity contribution in [3.05, 3.63) is 59.7 Å². The molecule has 4 aliphatic carbocycles. The van der Waals surface area contributed by atoms with Crippen molar-refractivity contribution >= 4 is 5.78 Å². The molecule has 1 aromatic rings. The van der Waals surface area contributed by atoms with Crippen LogP contribution in [0.3, 0.4) is 0 Å². The van der Waals surface area contributed by atoms with E-state index in [2.05, 4.69) is 42.5 Å². The van der Waals surface area contributed by atoms with E-state index in [1.54, 1.807) is 0 Å². The Labute approximate surface area is 144 Å². The molecule has 2 fully saturated rings. The molecule has 6 unspecified atom stereocenters. The maximum atomic E-state index is 12.4. The summed E-state index contributed by atoms with van der Waals surface area (Å²) >= 11 is 0. The topological polar surface area (TPSA) is 17.1 Å². The number of ketones is 1. The largest absolute Gasteiger partial charge is 0.295 e. The van der Waals surface area contributed by atoms with E-state index in [0.29, 0.717) is 24.0 Å². The Morgan fingerprint density at radius 1 is 0.917 bits per heavy atom. The fraction of sp³-hybridized carbons (Fsp3) is 0.522. The Morgan fingerprint density at radius 3 is 2.67 bits per heavy atom. The van der Waals surface area contributed by atoms with Gasteiger partial charge in [0.25, 0.3) is 0 Å². The lowest BCUT2D eigenvalue weighted by atomic mass is 9.53. The van der Waals surface area contributed by atoms with Crippen molar-refractivity contribution in [2.45, 2.75) is 44.4 Å². The molecule has 0 bridgehead atoms. The zero-order valence-electron chi connectivity index (χ0n) is 14.2. The molecule has 1 aromatic carbocycles. The number of carbonyl (C=O) groups excluding carboxylic acids is 1. The van der Waals surface area contributed by atoms with Gasteiger partial charge in [0.1, 0.15) is 0 Å². The fourth-order valence-corrected chi connectivity index (χ4v) is 6.46. The van der Waals surface area contributed by atoms with E-state index in [4.69, 9.17) is 0 Å². The third-order valence-corrected chi connectivity index (χ3v) is 7.36. The number of fused-ring (bicyclic) bond motifs is 5. The first-order valence-electron chi connectivity index (χ1n) is 9.76. The highest BCUT2D eigenvalue weighted by Gasteiger charge is 2.49. The first-order valence-corrected chi connectivity index (χ1v) is 9.76. The normalized spacial score (nSPS) is 40.5. The molecule has 6 atom stereocenters. The van der Waals surface area contributed by atoms with E-state index in [0.717, 1.165) is 30.1 Å². The van der Waals surface area contributed by atoms with Crippen LogP contribution in [0.15, 0.2) is 54.1 Å². The summed E-state index contributed by atoms with van der Waals surface area (Å²) in [5, 5.41) is 0. The Bertz CT molecular complexity index is 698. The molecule has 1 heteroatoms. The molecule has 0 N–H and O–H groups in total. The molecular weight excluding hydrogens is 292 g/mol. The predicted octanol–water partition coefficient (Wildman–Crippen LogP) is 5.30. The highest BCUT2D eigenvalue weighted by molar-refractivity contribution is 5.92. The van der Waals surface area contributed by atoms with Crippen molar-refractivity contribution < 1.29 is 4.79 Å². The summed E-state index contributed by atoms with van der Waals surface area (Å²) in [6.45, 7) is 0. The van der Waals surface area contributed by atoms with Crippen LogP contribution in [-0.4, -0.2) is 5.78 Å². The lowest BCUT2D eigenvalue weighted by molar-refractivity contribution is -0.116. The highest BCUT2D eigenvalue weighted by atomic mass is 16.1. The third-order valence-electron chi connectivity index (χ3n) is 7.36. The van der Waals surface area contributed by atoms with Crippen LogP contribution >= 0.6 is 0 Å². The first kappa shape index (κ1) is 14.7. The number of carbonyl (C=O) groups is 1. The van der Waals surface area contributed by atoms with E-state index in [-0.39, 0.29) is 0 Å². The maximum Gasteiger partial charge on any atom is 0.156 e. The Morgan fingerprint density at radius 2 is 1.79 bits per heavy atom. The second-order valence-electron chi connectivity index (χ2n) is 8.37. The summed E-state index contributed by atoms with van der Waals surface area (Å²) in [7, 11) is 0. The molecular formula is C23H26O. The molecule has 0 aliphatic heterocycles. The van der Waals surface area contributed by atoms with Gasteiger partial charge >= 0.3 is 0 Å². The summed E-state index contributed by atoms with van der Waals surface area (Å²) < 4.78 is 0. The van der Waals surface area contributed by atoms with Crippen molar-refractivity contribution in [3.8, 4) is 0 Å². The van der Waals surface area contributed by atoms with Crippen molar-refractivity contribution in [3.63, 3.8) is 0 Å². The number of benzene rings is 1. The standard InChI is InChI=1S/C23H26O/c24-18-13-17-10-11-20-19-8-4-7-16(19)9-12-21(20)23(17)22(14-18)15-5-2-1-3-6-15/h1-7,13,16,19-23H,8-12,14H2. The van der Waals surface area contributed by atoms with E-state index in [1.807, 2.05) is 6.08 Å². The average Bonchev–Trinajstić information content (AvgIpc) is 3.10. The van der Waals surface area contributed by atoms with Crippen molar-refractivity contribution in [1.29, 1.82) is 0 Å². The second kappa shape index (κ2) is 5.72. The molecule has 0 aromatic heterocycles. The van der Waals surface area contributed by atoms with Crippen LogP contribution in [0.2, 0.25) is 0 Å². The van der Waals surface area contributed by atoms with Gasteiger partial charge in [0.2, 0.25) is 0 Å². The van der Waals surface area contributed by atoms with Crippen LogP contribution in [0.25, 0.3) is 0 Å². The molecule has 0 heterocycles. The van der Waals surface area contributed by atoms with E-state index in [1.165, 1.54) is 36.8 Å². The molecule has 4 aliphatic rings. The minimum absolute atomic E-state index is 0.352. The van der Waals surface area contributed by atoms with Gasteiger partial charge in [-0.25, -0.2) is 0 Å². The van der Waals surface area contributed by atoms with Crippen LogP contribution in [0.5, 0.6) is 0 Å². The summed E-state index contributed by atoms with van der Waals surface area (Å²) in [5.41, 5.74) is 2.86. The van der Waals surface area contributed by atoms with Gasteiger partial charge in [-0.05, 0) is 79.3 Å². The van der Waals surface area contributed by atoms with Gasteiger partial charge in [-0.3, -0.25) is 4.79 Å². The van der Waals surface area contributed by atoms with Crippen molar-refractivity contribution in [2.75, 3.05) is 0 Å². The number of hydrogen-bond donors (Lipinski definition) is 0. The lowest BCUT2D eigenvalue weighted by Crippen LogP contribution is -2.43. The monoisotopic (exact) mass is 318 g/mol. The summed E-state index contributed by atoms with van der Waals surface area (Å²) in [4.78, 5) is 12.4. The van der Waals surface area contributed by atoms with Crippen molar-refractivity contribution in [2.24, 2.45) is 29.6 Å². The molecule has 1 nitrogen and oxygen atoms in total. The van der Waals surface area contributed by atoms with Gasteiger partial charge in [-0.2, -0.15) is 0 Å². The van der Waals surface area contributed by atoms with E-state index >= 15 is 0 Å². The van der Waals surface area contributed by atoms with Crippen LogP contribution in [-0.2, 0) is 4.79 Å². The Kier molecular flexibility index (Phi) is 3.50. The summed E-state index contributed by atoms with van der Waals surface area (Å²) in [6.07, 6.45) is 14.2. The maximum absolute atomic E-state index is 12.4. The zero-order chi connectivity index (χ0) is 16.1. The molecule has 0 radical (unpaired) electrons. The molecule has 124 valence electrons.